The quantitative estimate of drug-likeness (QED) is 0.419. The lowest BCUT2D eigenvalue weighted by atomic mass is 10.1. The van der Waals surface area contributed by atoms with Gasteiger partial charge in [-0.25, -0.2) is 4.39 Å². The number of aromatic nitrogens is 1. The topological polar surface area (TPSA) is 49.3 Å². The molecular weight excluding hydrogens is 430 g/mol. The average Bonchev–Trinajstić information content (AvgIpc) is 2.54. The Balaban J connectivity index is 0.00000264. The van der Waals surface area contributed by atoms with E-state index in [1.165, 1.54) is 11.6 Å². The molecule has 1 aromatic heterocycles. The minimum absolute atomic E-state index is 0. The van der Waals surface area contributed by atoms with Crippen LogP contribution in [-0.4, -0.2) is 24.5 Å². The summed E-state index contributed by atoms with van der Waals surface area (Å²) in [6, 6.07) is 10.7. The molecule has 0 aliphatic rings. The summed E-state index contributed by atoms with van der Waals surface area (Å²) in [5.41, 5.74) is 1.55. The van der Waals surface area contributed by atoms with E-state index in [0.29, 0.717) is 18.2 Å². The van der Waals surface area contributed by atoms with Crippen molar-refractivity contribution in [1.29, 1.82) is 0 Å². The first kappa shape index (κ1) is 19.6. The van der Waals surface area contributed by atoms with Gasteiger partial charge in [0.15, 0.2) is 5.96 Å². The number of nitrogens with zero attached hydrogens (tertiary/aromatic N) is 2. The Labute approximate surface area is 157 Å². The molecule has 0 radical (unpaired) electrons. The first-order valence-corrected chi connectivity index (χ1v) is 7.35. The van der Waals surface area contributed by atoms with Crippen LogP contribution in [0.25, 0.3) is 0 Å². The van der Waals surface area contributed by atoms with Gasteiger partial charge in [0.2, 0.25) is 0 Å². The molecule has 0 aliphatic heterocycles. The zero-order valence-corrected chi connectivity index (χ0v) is 15.8. The molecule has 0 amide bonds. The van der Waals surface area contributed by atoms with Gasteiger partial charge in [-0.3, -0.25) is 9.98 Å². The molecule has 124 valence electrons. The third kappa shape index (κ3) is 6.70. The van der Waals surface area contributed by atoms with Crippen LogP contribution in [0.2, 0.25) is 5.02 Å². The maximum atomic E-state index is 13.5. The lowest BCUT2D eigenvalue weighted by molar-refractivity contribution is 0.592. The second-order valence-electron chi connectivity index (χ2n) is 4.66. The highest BCUT2D eigenvalue weighted by Crippen LogP contribution is 2.09. The van der Waals surface area contributed by atoms with Crippen LogP contribution < -0.4 is 10.6 Å². The number of benzene rings is 1. The molecule has 0 saturated carbocycles. The Kier molecular flexibility index (Phi) is 8.86. The second kappa shape index (κ2) is 10.4. The molecule has 2 N–H and O–H groups in total. The summed E-state index contributed by atoms with van der Waals surface area (Å²) in [5.74, 6) is 0.283. The number of pyridine rings is 1. The zero-order chi connectivity index (χ0) is 15.8. The van der Waals surface area contributed by atoms with Gasteiger partial charge in [0.1, 0.15) is 5.82 Å². The van der Waals surface area contributed by atoms with Gasteiger partial charge in [-0.1, -0.05) is 23.7 Å². The van der Waals surface area contributed by atoms with Gasteiger partial charge in [-0.05, 0) is 36.2 Å². The van der Waals surface area contributed by atoms with E-state index in [9.17, 15) is 4.39 Å². The number of aliphatic imine (C=N–C) groups is 1. The Hall–Kier alpha value is -1.41. The smallest absolute Gasteiger partial charge is 0.191 e. The molecule has 1 heterocycles. The number of guanidine groups is 1. The average molecular weight is 449 g/mol. The molecule has 4 nitrogen and oxygen atoms in total. The minimum atomic E-state index is -0.327. The number of hydrogen-bond acceptors (Lipinski definition) is 2. The summed E-state index contributed by atoms with van der Waals surface area (Å²) < 4.78 is 13.5. The van der Waals surface area contributed by atoms with Crippen LogP contribution in [0.15, 0.2) is 47.6 Å². The molecule has 0 bridgehead atoms. The van der Waals surface area contributed by atoms with Crippen LogP contribution in [0, 0.1) is 5.82 Å². The van der Waals surface area contributed by atoms with Gasteiger partial charge in [0.25, 0.3) is 0 Å². The summed E-state index contributed by atoms with van der Waals surface area (Å²) in [6.07, 6.45) is 2.41. The normalized spacial score (nSPS) is 10.8. The molecule has 7 heteroatoms. The lowest BCUT2D eigenvalue weighted by Gasteiger charge is -2.12. The van der Waals surface area contributed by atoms with E-state index in [-0.39, 0.29) is 36.3 Å². The fourth-order valence-electron chi connectivity index (χ4n) is 1.91. The van der Waals surface area contributed by atoms with E-state index in [1.54, 1.807) is 19.3 Å². The van der Waals surface area contributed by atoms with Crippen molar-refractivity contribution in [2.24, 2.45) is 4.99 Å². The summed E-state index contributed by atoms with van der Waals surface area (Å²) in [7, 11) is 1.67. The molecule has 2 aromatic rings. The fourth-order valence-corrected chi connectivity index (χ4v) is 2.04. The Morgan fingerprint density at radius 1 is 1.22 bits per heavy atom. The van der Waals surface area contributed by atoms with Gasteiger partial charge in [-0.2, -0.15) is 0 Å². The lowest BCUT2D eigenvalue weighted by Crippen LogP contribution is -2.38. The van der Waals surface area contributed by atoms with Crippen LogP contribution in [-0.2, 0) is 13.0 Å². The molecule has 1 aromatic carbocycles. The molecule has 0 unspecified atom stereocenters. The highest BCUT2D eigenvalue weighted by Gasteiger charge is 2.03. The SMILES string of the molecule is CN=C(NCCc1ccc(Cl)cc1)NCc1ncccc1F.I. The molecule has 0 atom stereocenters. The van der Waals surface area contributed by atoms with Gasteiger partial charge < -0.3 is 10.6 Å². The molecule has 0 fully saturated rings. The zero-order valence-electron chi connectivity index (χ0n) is 12.7. The highest BCUT2D eigenvalue weighted by atomic mass is 127. The number of nitrogens with one attached hydrogen (secondary N) is 2. The van der Waals surface area contributed by atoms with Crippen LogP contribution in [0.3, 0.4) is 0 Å². The fraction of sp³-hybridized carbons (Fsp3) is 0.250. The van der Waals surface area contributed by atoms with E-state index in [0.717, 1.165) is 11.4 Å². The highest BCUT2D eigenvalue weighted by molar-refractivity contribution is 14.0. The maximum Gasteiger partial charge on any atom is 0.191 e. The van der Waals surface area contributed by atoms with E-state index in [1.807, 2.05) is 24.3 Å². The minimum Gasteiger partial charge on any atom is -0.356 e. The third-order valence-electron chi connectivity index (χ3n) is 3.10. The maximum absolute atomic E-state index is 13.5. The standard InChI is InChI=1S/C16H18ClFN4.HI/c1-19-16(22-11-15-14(18)3-2-9-20-15)21-10-8-12-4-6-13(17)7-5-12;/h2-7,9H,8,10-11H2,1H3,(H2,19,21,22);1H. The molecule has 0 spiro atoms. The number of hydrogen-bond donors (Lipinski definition) is 2. The molecule has 0 saturated heterocycles. The Morgan fingerprint density at radius 3 is 2.61 bits per heavy atom. The van der Waals surface area contributed by atoms with Crippen molar-refractivity contribution in [1.82, 2.24) is 15.6 Å². The van der Waals surface area contributed by atoms with Crippen molar-refractivity contribution < 1.29 is 4.39 Å². The first-order chi connectivity index (χ1) is 10.7. The van der Waals surface area contributed by atoms with E-state index in [4.69, 9.17) is 11.6 Å². The largest absolute Gasteiger partial charge is 0.356 e. The van der Waals surface area contributed by atoms with Crippen molar-refractivity contribution in [3.8, 4) is 0 Å². The van der Waals surface area contributed by atoms with Gasteiger partial charge in [0.05, 0.1) is 12.2 Å². The van der Waals surface area contributed by atoms with Gasteiger partial charge in [0, 0.05) is 24.8 Å². The van der Waals surface area contributed by atoms with Crippen LogP contribution in [0.5, 0.6) is 0 Å². The van der Waals surface area contributed by atoms with E-state index < -0.39 is 0 Å². The Morgan fingerprint density at radius 2 is 1.96 bits per heavy atom. The third-order valence-corrected chi connectivity index (χ3v) is 3.35. The van der Waals surface area contributed by atoms with Gasteiger partial charge in [-0.15, -0.1) is 24.0 Å². The summed E-state index contributed by atoms with van der Waals surface area (Å²) in [5, 5.41) is 6.94. The van der Waals surface area contributed by atoms with Crippen molar-refractivity contribution >= 4 is 41.5 Å². The summed E-state index contributed by atoms with van der Waals surface area (Å²) in [6.45, 7) is 0.999. The molecule has 2 rings (SSSR count). The monoisotopic (exact) mass is 448 g/mol. The van der Waals surface area contributed by atoms with Crippen LogP contribution in [0.4, 0.5) is 4.39 Å². The van der Waals surface area contributed by atoms with Crippen LogP contribution in [0.1, 0.15) is 11.3 Å². The first-order valence-electron chi connectivity index (χ1n) is 6.97. The predicted octanol–water partition coefficient (Wildman–Crippen LogP) is 3.40. The van der Waals surface area contributed by atoms with Crippen molar-refractivity contribution in [3.05, 3.63) is 64.7 Å². The van der Waals surface area contributed by atoms with Crippen molar-refractivity contribution in [2.75, 3.05) is 13.6 Å². The molecule has 23 heavy (non-hydrogen) atoms. The van der Waals surface area contributed by atoms with Gasteiger partial charge >= 0.3 is 0 Å². The number of rotatable bonds is 5. The van der Waals surface area contributed by atoms with Crippen molar-refractivity contribution in [3.63, 3.8) is 0 Å². The molecule has 0 aliphatic carbocycles. The van der Waals surface area contributed by atoms with Crippen LogP contribution >= 0.6 is 35.6 Å². The van der Waals surface area contributed by atoms with Crippen molar-refractivity contribution in [2.45, 2.75) is 13.0 Å². The predicted molar refractivity (Wildman–Crippen MR) is 103 cm³/mol. The van der Waals surface area contributed by atoms with E-state index >= 15 is 0 Å². The second-order valence-corrected chi connectivity index (χ2v) is 5.10. The Bertz CT molecular complexity index is 634. The molecular formula is C16H19ClFIN4. The summed E-state index contributed by atoms with van der Waals surface area (Å²) >= 11 is 5.85. The summed E-state index contributed by atoms with van der Waals surface area (Å²) in [4.78, 5) is 8.09. The number of halogens is 3. The van der Waals surface area contributed by atoms with E-state index in [2.05, 4.69) is 20.6 Å².